The smallest absolute Gasteiger partial charge is 0.224 e. The average Bonchev–Trinajstić information content (AvgIpc) is 2.40. The number of carbonyl (C=O) groups is 1. The molecule has 0 saturated carbocycles. The number of amides is 1. The zero-order valence-electron chi connectivity index (χ0n) is 13.1. The van der Waals surface area contributed by atoms with Gasteiger partial charge in [0.25, 0.3) is 0 Å². The number of nitrogens with one attached hydrogen (secondary N) is 1. The molecular weight excluding hydrogens is 305 g/mol. The Bertz CT molecular complexity index is 672. The van der Waals surface area contributed by atoms with Crippen molar-refractivity contribution in [2.45, 2.75) is 32.7 Å². The lowest BCUT2D eigenvalue weighted by atomic mass is 9.80. The van der Waals surface area contributed by atoms with Crippen LogP contribution in [-0.2, 0) is 21.1 Å². The largest absolute Gasteiger partial charge is 0.349 e. The fourth-order valence-electron chi connectivity index (χ4n) is 3.02. The van der Waals surface area contributed by atoms with Gasteiger partial charge in [0.05, 0.1) is 11.8 Å². The monoisotopic (exact) mass is 327 g/mol. The Labute approximate surface area is 131 Å². The van der Waals surface area contributed by atoms with Crippen molar-refractivity contribution in [3.8, 4) is 0 Å². The molecule has 1 aromatic carbocycles. The maximum absolute atomic E-state index is 13.9. The first-order valence-electron chi connectivity index (χ1n) is 7.44. The van der Waals surface area contributed by atoms with Gasteiger partial charge in [0.1, 0.15) is 15.7 Å². The van der Waals surface area contributed by atoms with E-state index in [4.69, 9.17) is 0 Å². The van der Waals surface area contributed by atoms with E-state index in [0.29, 0.717) is 12.0 Å². The van der Waals surface area contributed by atoms with E-state index in [1.54, 1.807) is 13.0 Å². The predicted molar refractivity (Wildman–Crippen MR) is 83.6 cm³/mol. The zero-order valence-corrected chi connectivity index (χ0v) is 13.9. The summed E-state index contributed by atoms with van der Waals surface area (Å²) in [6.07, 6.45) is 2.57. The molecule has 0 bridgehead atoms. The maximum atomic E-state index is 13.9. The third kappa shape index (κ3) is 3.85. The van der Waals surface area contributed by atoms with Gasteiger partial charge in [-0.2, -0.15) is 0 Å². The van der Waals surface area contributed by atoms with Gasteiger partial charge in [0, 0.05) is 12.2 Å². The Balaban J connectivity index is 2.19. The van der Waals surface area contributed by atoms with Gasteiger partial charge < -0.3 is 5.32 Å². The third-order valence-corrected chi connectivity index (χ3v) is 5.31. The summed E-state index contributed by atoms with van der Waals surface area (Å²) in [7, 11) is -3.21. The van der Waals surface area contributed by atoms with Gasteiger partial charge in [-0.15, -0.1) is 0 Å². The lowest BCUT2D eigenvalue weighted by Crippen LogP contribution is -2.40. The standard InChI is InChI=1S/C16H22FNO3S/c1-10-7-8-12-13(5-4-6-14(12)17)15(10)18-16(19)11(2)9-22(3,20)21/h4-6,10-11,15H,7-9H2,1-3H3,(H,18,19)/t10-,11-,15+/m1/s1. The van der Waals surface area contributed by atoms with Crippen molar-refractivity contribution in [3.05, 3.63) is 35.1 Å². The Hall–Kier alpha value is -1.43. The van der Waals surface area contributed by atoms with Crippen LogP contribution in [-0.4, -0.2) is 26.3 Å². The molecule has 0 aliphatic heterocycles. The number of hydrogen-bond donors (Lipinski definition) is 1. The molecule has 0 radical (unpaired) electrons. The molecule has 6 heteroatoms. The molecule has 1 aliphatic rings. The normalized spacial score (nSPS) is 22.7. The van der Waals surface area contributed by atoms with Crippen LogP contribution < -0.4 is 5.32 Å². The quantitative estimate of drug-likeness (QED) is 0.922. The van der Waals surface area contributed by atoms with E-state index >= 15 is 0 Å². The highest BCUT2D eigenvalue weighted by Gasteiger charge is 2.31. The highest BCUT2D eigenvalue weighted by atomic mass is 32.2. The summed E-state index contributed by atoms with van der Waals surface area (Å²) < 4.78 is 36.5. The number of carbonyl (C=O) groups excluding carboxylic acids is 1. The van der Waals surface area contributed by atoms with E-state index in [0.717, 1.165) is 18.2 Å². The van der Waals surface area contributed by atoms with Gasteiger partial charge in [0.2, 0.25) is 5.91 Å². The minimum atomic E-state index is -3.21. The summed E-state index contributed by atoms with van der Waals surface area (Å²) in [5, 5.41) is 2.90. The molecule has 4 nitrogen and oxygen atoms in total. The van der Waals surface area contributed by atoms with E-state index in [1.165, 1.54) is 6.07 Å². The van der Waals surface area contributed by atoms with Crippen LogP contribution in [0.25, 0.3) is 0 Å². The van der Waals surface area contributed by atoms with Crippen molar-refractivity contribution in [1.82, 2.24) is 5.32 Å². The van der Waals surface area contributed by atoms with Gasteiger partial charge in [-0.1, -0.05) is 26.0 Å². The number of halogens is 1. The number of benzene rings is 1. The summed E-state index contributed by atoms with van der Waals surface area (Å²) in [5.41, 5.74) is 1.46. The SMILES string of the molecule is C[C@H](CS(C)(=O)=O)C(=O)N[C@@H]1c2cccc(F)c2CC[C@H]1C. The average molecular weight is 327 g/mol. The number of rotatable bonds is 4. The Morgan fingerprint density at radius 2 is 2.14 bits per heavy atom. The van der Waals surface area contributed by atoms with Gasteiger partial charge in [-0.25, -0.2) is 12.8 Å². The van der Waals surface area contributed by atoms with E-state index in [9.17, 15) is 17.6 Å². The Morgan fingerprint density at radius 1 is 1.45 bits per heavy atom. The minimum Gasteiger partial charge on any atom is -0.349 e. The molecule has 0 fully saturated rings. The van der Waals surface area contributed by atoms with Crippen molar-refractivity contribution in [3.63, 3.8) is 0 Å². The lowest BCUT2D eigenvalue weighted by Gasteiger charge is -2.33. The van der Waals surface area contributed by atoms with Crippen molar-refractivity contribution in [1.29, 1.82) is 0 Å². The third-order valence-electron chi connectivity index (χ3n) is 4.21. The lowest BCUT2D eigenvalue weighted by molar-refractivity contribution is -0.125. The van der Waals surface area contributed by atoms with E-state index < -0.39 is 15.8 Å². The first-order valence-corrected chi connectivity index (χ1v) is 9.50. The molecule has 0 saturated heterocycles. The first-order chi connectivity index (χ1) is 10.2. The molecule has 0 spiro atoms. The summed E-state index contributed by atoms with van der Waals surface area (Å²) in [4.78, 5) is 12.3. The fourth-order valence-corrected chi connectivity index (χ4v) is 4.08. The molecular formula is C16H22FNO3S. The van der Waals surface area contributed by atoms with Crippen LogP contribution in [0.5, 0.6) is 0 Å². The molecule has 0 unspecified atom stereocenters. The number of fused-ring (bicyclic) bond motifs is 1. The van der Waals surface area contributed by atoms with E-state index in [-0.39, 0.29) is 29.4 Å². The molecule has 0 heterocycles. The highest BCUT2D eigenvalue weighted by molar-refractivity contribution is 7.90. The summed E-state index contributed by atoms with van der Waals surface area (Å²) in [6.45, 7) is 3.61. The number of hydrogen-bond acceptors (Lipinski definition) is 3. The Kier molecular flexibility index (Phi) is 4.90. The van der Waals surface area contributed by atoms with Crippen LogP contribution in [0.3, 0.4) is 0 Å². The van der Waals surface area contributed by atoms with Gasteiger partial charge in [-0.3, -0.25) is 4.79 Å². The number of sulfone groups is 1. The van der Waals surface area contributed by atoms with E-state index in [2.05, 4.69) is 5.32 Å². The van der Waals surface area contributed by atoms with Gasteiger partial charge in [0.15, 0.2) is 0 Å². The first kappa shape index (κ1) is 16.9. The molecule has 1 aliphatic carbocycles. The van der Waals surface area contributed by atoms with Crippen molar-refractivity contribution in [2.75, 3.05) is 12.0 Å². The minimum absolute atomic E-state index is 0.184. The van der Waals surface area contributed by atoms with Crippen LogP contribution >= 0.6 is 0 Å². The maximum Gasteiger partial charge on any atom is 0.224 e. The van der Waals surface area contributed by atoms with E-state index in [1.807, 2.05) is 13.0 Å². The summed E-state index contributed by atoms with van der Waals surface area (Å²) in [6, 6.07) is 4.64. The highest BCUT2D eigenvalue weighted by Crippen LogP contribution is 2.35. The van der Waals surface area contributed by atoms with Crippen LogP contribution in [0, 0.1) is 17.7 Å². The summed E-state index contributed by atoms with van der Waals surface area (Å²) >= 11 is 0. The molecule has 122 valence electrons. The zero-order chi connectivity index (χ0) is 16.5. The molecule has 3 atom stereocenters. The van der Waals surface area contributed by atoms with Crippen LogP contribution in [0.4, 0.5) is 4.39 Å². The molecule has 1 amide bonds. The predicted octanol–water partition coefficient (Wildman–Crippen LogP) is 2.25. The summed E-state index contributed by atoms with van der Waals surface area (Å²) in [5.74, 6) is -1.17. The van der Waals surface area contributed by atoms with Crippen LogP contribution in [0.1, 0.15) is 37.4 Å². The second-order valence-electron chi connectivity index (χ2n) is 6.30. The Morgan fingerprint density at radius 3 is 2.77 bits per heavy atom. The van der Waals surface area contributed by atoms with Gasteiger partial charge >= 0.3 is 0 Å². The topological polar surface area (TPSA) is 63.2 Å². The second kappa shape index (κ2) is 6.36. The molecule has 2 rings (SSSR count). The molecule has 22 heavy (non-hydrogen) atoms. The van der Waals surface area contributed by atoms with Crippen LogP contribution in [0.2, 0.25) is 0 Å². The van der Waals surface area contributed by atoms with Crippen molar-refractivity contribution < 1.29 is 17.6 Å². The van der Waals surface area contributed by atoms with Gasteiger partial charge in [-0.05, 0) is 36.0 Å². The molecule has 1 aromatic rings. The van der Waals surface area contributed by atoms with Crippen LogP contribution in [0.15, 0.2) is 18.2 Å². The molecule has 0 aromatic heterocycles. The van der Waals surface area contributed by atoms with Crippen molar-refractivity contribution >= 4 is 15.7 Å². The molecule has 1 N–H and O–H groups in total. The van der Waals surface area contributed by atoms with Crippen molar-refractivity contribution in [2.24, 2.45) is 11.8 Å². The fraction of sp³-hybridized carbons (Fsp3) is 0.562. The second-order valence-corrected chi connectivity index (χ2v) is 8.49.